The molecule has 140 valence electrons. The minimum Gasteiger partial charge on any atom is -0.370 e. The van der Waals surface area contributed by atoms with Gasteiger partial charge in [0, 0.05) is 26.1 Å². The highest BCUT2D eigenvalue weighted by molar-refractivity contribution is 5.90. The first kappa shape index (κ1) is 18.3. The van der Waals surface area contributed by atoms with E-state index in [1.165, 1.54) is 40.7 Å². The van der Waals surface area contributed by atoms with Crippen LogP contribution in [0.5, 0.6) is 0 Å². The number of pyridine rings is 1. The molecule has 0 saturated carbocycles. The highest BCUT2D eigenvalue weighted by Crippen LogP contribution is 2.24. The molecule has 0 aliphatic heterocycles. The smallest absolute Gasteiger partial charge is 0.284 e. The van der Waals surface area contributed by atoms with Crippen LogP contribution in [-0.2, 0) is 18.4 Å². The van der Waals surface area contributed by atoms with Crippen LogP contribution in [0, 0.1) is 12.7 Å². The van der Waals surface area contributed by atoms with Crippen molar-refractivity contribution >= 4 is 28.3 Å². The molecule has 0 spiro atoms. The summed E-state index contributed by atoms with van der Waals surface area (Å²) >= 11 is 0. The lowest BCUT2D eigenvalue weighted by atomic mass is 10.2. The Balaban J connectivity index is 2.23. The van der Waals surface area contributed by atoms with Gasteiger partial charge >= 0.3 is 0 Å². The maximum Gasteiger partial charge on any atom is 0.284 e. The Morgan fingerprint density at radius 3 is 2.67 bits per heavy atom. The summed E-state index contributed by atoms with van der Waals surface area (Å²) < 4.78 is 17.0. The molecule has 3 N–H and O–H groups in total. The maximum atomic E-state index is 14.2. The van der Waals surface area contributed by atoms with Crippen molar-refractivity contribution in [3.63, 3.8) is 0 Å². The lowest BCUT2D eigenvalue weighted by Gasteiger charge is -2.16. The summed E-state index contributed by atoms with van der Waals surface area (Å²) in [7, 11) is 1.50. The molecule has 3 rings (SSSR count). The molecule has 0 aliphatic rings. The Kier molecular flexibility index (Phi) is 4.76. The summed E-state index contributed by atoms with van der Waals surface area (Å²) in [6, 6.07) is 5.78. The Morgan fingerprint density at radius 2 is 2.00 bits per heavy atom. The molecular formula is C18H18FN5O3. The van der Waals surface area contributed by atoms with Crippen LogP contribution in [0.25, 0.3) is 11.0 Å². The minimum atomic E-state index is -0.578. The molecule has 2 heterocycles. The Morgan fingerprint density at radius 1 is 1.26 bits per heavy atom. The van der Waals surface area contributed by atoms with Gasteiger partial charge in [-0.1, -0.05) is 6.07 Å². The zero-order chi connectivity index (χ0) is 19.7. The van der Waals surface area contributed by atoms with E-state index in [1.54, 1.807) is 13.0 Å². The van der Waals surface area contributed by atoms with Crippen LogP contribution in [0.4, 0.5) is 15.8 Å². The van der Waals surface area contributed by atoms with Crippen LogP contribution < -0.4 is 22.2 Å². The molecular weight excluding hydrogens is 353 g/mol. The third-order valence-corrected chi connectivity index (χ3v) is 4.20. The van der Waals surface area contributed by atoms with E-state index in [1.807, 2.05) is 0 Å². The lowest BCUT2D eigenvalue weighted by Crippen LogP contribution is -2.26. The number of amides is 1. The zero-order valence-electron chi connectivity index (χ0n) is 14.8. The van der Waals surface area contributed by atoms with Crippen molar-refractivity contribution in [3.05, 3.63) is 62.7 Å². The van der Waals surface area contributed by atoms with E-state index in [4.69, 9.17) is 5.73 Å². The predicted octanol–water partition coefficient (Wildman–Crippen LogP) is 1.16. The molecule has 0 bridgehead atoms. The molecule has 0 saturated heterocycles. The first-order valence-electron chi connectivity index (χ1n) is 8.18. The van der Waals surface area contributed by atoms with Crippen LogP contribution in [-0.4, -0.2) is 20.0 Å². The quantitative estimate of drug-likeness (QED) is 0.699. The number of nitrogens with zero attached hydrogens (tertiary/aromatic N) is 3. The van der Waals surface area contributed by atoms with Gasteiger partial charge in [0.1, 0.15) is 23.2 Å². The molecule has 0 unspecified atom stereocenters. The van der Waals surface area contributed by atoms with Gasteiger partial charge in [0.05, 0.1) is 11.4 Å². The molecule has 8 nitrogen and oxygen atoms in total. The lowest BCUT2D eigenvalue weighted by molar-refractivity contribution is -0.118. The summed E-state index contributed by atoms with van der Waals surface area (Å²) in [5.41, 5.74) is 5.47. The summed E-state index contributed by atoms with van der Waals surface area (Å²) in [6.45, 7) is 1.90. The molecule has 0 fully saturated rings. The van der Waals surface area contributed by atoms with Crippen LogP contribution in [0.15, 0.2) is 40.2 Å². The zero-order valence-corrected chi connectivity index (χ0v) is 14.8. The van der Waals surface area contributed by atoms with Gasteiger partial charge in [-0.3, -0.25) is 19.0 Å². The first-order valence-corrected chi connectivity index (χ1v) is 8.18. The number of anilines is 2. The van der Waals surface area contributed by atoms with Gasteiger partial charge < -0.3 is 15.6 Å². The average molecular weight is 371 g/mol. The summed E-state index contributed by atoms with van der Waals surface area (Å²) in [4.78, 5) is 39.7. The summed E-state index contributed by atoms with van der Waals surface area (Å²) in [5, 5.41) is 2.92. The number of benzene rings is 1. The van der Waals surface area contributed by atoms with E-state index in [0.717, 1.165) is 5.56 Å². The number of carbonyl (C=O) groups excluding carboxylic acids is 1. The van der Waals surface area contributed by atoms with E-state index < -0.39 is 22.8 Å². The van der Waals surface area contributed by atoms with Crippen molar-refractivity contribution in [3.8, 4) is 0 Å². The number of rotatable bonds is 5. The number of nitrogens with two attached hydrogens (primary N) is 1. The third-order valence-electron chi connectivity index (χ3n) is 4.20. The van der Waals surface area contributed by atoms with Crippen molar-refractivity contribution < 1.29 is 9.18 Å². The second kappa shape index (κ2) is 7.02. The van der Waals surface area contributed by atoms with Crippen molar-refractivity contribution in [2.75, 3.05) is 5.32 Å². The number of hydrogen-bond donors (Lipinski definition) is 2. The number of hydrogen-bond acceptors (Lipinski definition) is 5. The topological polar surface area (TPSA) is 112 Å². The number of primary amides is 1. The largest absolute Gasteiger partial charge is 0.370 e. The first-order chi connectivity index (χ1) is 12.8. The van der Waals surface area contributed by atoms with E-state index in [-0.39, 0.29) is 35.4 Å². The van der Waals surface area contributed by atoms with Crippen molar-refractivity contribution in [2.45, 2.75) is 19.9 Å². The Bertz CT molecular complexity index is 1170. The van der Waals surface area contributed by atoms with Crippen molar-refractivity contribution in [2.24, 2.45) is 12.8 Å². The number of nitrogens with one attached hydrogen (secondary N) is 1. The average Bonchev–Trinajstić information content (AvgIpc) is 2.60. The third kappa shape index (κ3) is 3.57. The SMILES string of the molecule is Cc1ccc(Nc2cc(=O)n(C)c3c2c(=O)ncn3CCC(N)=O)c(F)c1. The van der Waals surface area contributed by atoms with Gasteiger partial charge in [0.2, 0.25) is 5.91 Å². The van der Waals surface area contributed by atoms with Gasteiger partial charge in [0.25, 0.3) is 11.1 Å². The Labute approximate surface area is 153 Å². The van der Waals surface area contributed by atoms with Crippen molar-refractivity contribution in [1.82, 2.24) is 14.1 Å². The molecule has 0 aliphatic carbocycles. The van der Waals surface area contributed by atoms with E-state index in [2.05, 4.69) is 10.3 Å². The number of carbonyl (C=O) groups is 1. The Hall–Kier alpha value is -3.49. The summed E-state index contributed by atoms with van der Waals surface area (Å²) in [6.07, 6.45) is 1.27. The van der Waals surface area contributed by atoms with Gasteiger partial charge in [0.15, 0.2) is 0 Å². The number of halogens is 1. The van der Waals surface area contributed by atoms with Gasteiger partial charge in [-0.05, 0) is 24.6 Å². The maximum absolute atomic E-state index is 14.2. The van der Waals surface area contributed by atoms with Crippen LogP contribution in [0.1, 0.15) is 12.0 Å². The molecule has 1 aromatic carbocycles. The normalized spacial score (nSPS) is 10.9. The minimum absolute atomic E-state index is 0.0120. The standard InChI is InChI=1S/C18H18FN5O3/c1-10-3-4-12(11(19)7-10)22-13-8-15(26)23(2)18-16(13)17(27)21-9-24(18)6-5-14(20)25/h3-4,7-9,22H,5-6H2,1-2H3,(H2,20,25). The molecule has 3 aromatic rings. The number of aromatic nitrogens is 3. The molecule has 2 aromatic heterocycles. The highest BCUT2D eigenvalue weighted by Gasteiger charge is 2.16. The monoisotopic (exact) mass is 371 g/mol. The van der Waals surface area contributed by atoms with Gasteiger partial charge in [-0.15, -0.1) is 0 Å². The van der Waals surface area contributed by atoms with Crippen LogP contribution in [0.3, 0.4) is 0 Å². The van der Waals surface area contributed by atoms with E-state index in [9.17, 15) is 18.8 Å². The van der Waals surface area contributed by atoms with Crippen LogP contribution in [0.2, 0.25) is 0 Å². The van der Waals surface area contributed by atoms with E-state index >= 15 is 0 Å². The fraction of sp³-hybridized carbons (Fsp3) is 0.222. The fourth-order valence-electron chi connectivity index (χ4n) is 2.83. The second-order valence-corrected chi connectivity index (χ2v) is 6.22. The molecule has 9 heteroatoms. The van der Waals surface area contributed by atoms with Gasteiger partial charge in [-0.2, -0.15) is 4.98 Å². The summed E-state index contributed by atoms with van der Waals surface area (Å²) in [5.74, 6) is -1.04. The molecule has 27 heavy (non-hydrogen) atoms. The van der Waals surface area contributed by atoms with E-state index in [0.29, 0.717) is 0 Å². The fourth-order valence-corrected chi connectivity index (χ4v) is 2.83. The van der Waals surface area contributed by atoms with Crippen molar-refractivity contribution in [1.29, 1.82) is 0 Å². The van der Waals surface area contributed by atoms with Gasteiger partial charge in [-0.25, -0.2) is 4.39 Å². The molecule has 0 atom stereocenters. The second-order valence-electron chi connectivity index (χ2n) is 6.22. The molecule has 1 amide bonds. The number of aryl methyl sites for hydroxylation is 3. The predicted molar refractivity (Wildman–Crippen MR) is 99.5 cm³/mol. The highest BCUT2D eigenvalue weighted by atomic mass is 19.1. The van der Waals surface area contributed by atoms with Crippen LogP contribution >= 0.6 is 0 Å². The number of fused-ring (bicyclic) bond motifs is 1. The molecule has 0 radical (unpaired) electrons.